The fraction of sp³-hybridized carbons (Fsp3) is 0.588. The van der Waals surface area contributed by atoms with Gasteiger partial charge in [0.25, 0.3) is 0 Å². The number of nitrogens with zero attached hydrogens (tertiary/aromatic N) is 1. The molecule has 21 heavy (non-hydrogen) atoms. The molecular formula is C17H29N3O. The van der Waals surface area contributed by atoms with Crippen LogP contribution in [0, 0.1) is 6.92 Å². The molecule has 0 heterocycles. The van der Waals surface area contributed by atoms with Crippen molar-refractivity contribution in [2.24, 2.45) is 4.99 Å². The second-order valence-corrected chi connectivity index (χ2v) is 5.82. The van der Waals surface area contributed by atoms with Crippen molar-refractivity contribution in [1.29, 1.82) is 0 Å². The first-order valence-electron chi connectivity index (χ1n) is 7.59. The van der Waals surface area contributed by atoms with Crippen molar-refractivity contribution >= 4 is 5.96 Å². The van der Waals surface area contributed by atoms with Crippen molar-refractivity contribution in [3.05, 3.63) is 35.4 Å². The van der Waals surface area contributed by atoms with E-state index in [0.29, 0.717) is 6.54 Å². The predicted molar refractivity (Wildman–Crippen MR) is 90.0 cm³/mol. The van der Waals surface area contributed by atoms with Crippen LogP contribution in [-0.2, 0) is 11.2 Å². The highest BCUT2D eigenvalue weighted by molar-refractivity contribution is 5.79. The lowest BCUT2D eigenvalue weighted by atomic mass is 10.1. The zero-order valence-electron chi connectivity index (χ0n) is 14.0. The molecule has 0 aliphatic carbocycles. The molecule has 118 valence electrons. The Bertz CT molecular complexity index is 438. The molecule has 1 aromatic rings. The van der Waals surface area contributed by atoms with Gasteiger partial charge in [0.2, 0.25) is 0 Å². The zero-order chi connectivity index (χ0) is 15.7. The van der Waals surface area contributed by atoms with Crippen LogP contribution in [-0.4, -0.2) is 38.3 Å². The van der Waals surface area contributed by atoms with Gasteiger partial charge in [-0.1, -0.05) is 29.8 Å². The molecule has 2 N–H and O–H groups in total. The average Bonchev–Trinajstić information content (AvgIpc) is 2.47. The highest BCUT2D eigenvalue weighted by Gasteiger charge is 2.15. The lowest BCUT2D eigenvalue weighted by Gasteiger charge is -2.21. The summed E-state index contributed by atoms with van der Waals surface area (Å²) in [7, 11) is 1.72. The number of methoxy groups -OCH3 is 1. The number of rotatable bonds is 7. The molecule has 0 saturated heterocycles. The fourth-order valence-electron chi connectivity index (χ4n) is 1.76. The standard InChI is InChI=1S/C17H29N3O/c1-6-18-16(20-13-17(3,4)21-5)19-12-11-15-9-7-14(2)8-10-15/h7-10H,6,11-13H2,1-5H3,(H2,18,19,20). The molecule has 1 rings (SSSR count). The SMILES string of the molecule is CCNC(=NCC(C)(C)OC)NCCc1ccc(C)cc1. The lowest BCUT2D eigenvalue weighted by molar-refractivity contribution is 0.0310. The van der Waals surface area contributed by atoms with Crippen LogP contribution in [0.4, 0.5) is 0 Å². The first-order chi connectivity index (χ1) is 9.96. The van der Waals surface area contributed by atoms with Gasteiger partial charge in [-0.15, -0.1) is 0 Å². The molecule has 0 amide bonds. The number of hydrogen-bond donors (Lipinski definition) is 2. The minimum absolute atomic E-state index is 0.237. The number of ether oxygens (including phenoxy) is 1. The Kier molecular flexibility index (Phi) is 7.23. The Morgan fingerprint density at radius 2 is 1.86 bits per heavy atom. The third-order valence-corrected chi connectivity index (χ3v) is 3.34. The normalized spacial score (nSPS) is 12.3. The Hall–Kier alpha value is -1.55. The molecule has 4 nitrogen and oxygen atoms in total. The Labute approximate surface area is 129 Å². The van der Waals surface area contributed by atoms with E-state index >= 15 is 0 Å². The van der Waals surface area contributed by atoms with Gasteiger partial charge in [-0.25, -0.2) is 0 Å². The van der Waals surface area contributed by atoms with Crippen LogP contribution < -0.4 is 10.6 Å². The maximum atomic E-state index is 5.39. The van der Waals surface area contributed by atoms with Gasteiger partial charge >= 0.3 is 0 Å². The number of aliphatic imine (C=N–C) groups is 1. The summed E-state index contributed by atoms with van der Waals surface area (Å²) in [5, 5.41) is 6.62. The van der Waals surface area contributed by atoms with Gasteiger partial charge in [-0.2, -0.15) is 0 Å². The summed E-state index contributed by atoms with van der Waals surface area (Å²) in [6.07, 6.45) is 0.984. The van der Waals surface area contributed by atoms with Crippen molar-refractivity contribution in [3.63, 3.8) is 0 Å². The average molecular weight is 291 g/mol. The second-order valence-electron chi connectivity index (χ2n) is 5.82. The number of hydrogen-bond acceptors (Lipinski definition) is 2. The van der Waals surface area contributed by atoms with E-state index in [1.807, 2.05) is 13.8 Å². The Morgan fingerprint density at radius 3 is 2.43 bits per heavy atom. The van der Waals surface area contributed by atoms with E-state index in [4.69, 9.17) is 4.74 Å². The van der Waals surface area contributed by atoms with E-state index in [1.54, 1.807) is 7.11 Å². The van der Waals surface area contributed by atoms with E-state index in [1.165, 1.54) is 11.1 Å². The molecule has 0 fully saturated rings. The first-order valence-corrected chi connectivity index (χ1v) is 7.59. The lowest BCUT2D eigenvalue weighted by Crippen LogP contribution is -2.40. The van der Waals surface area contributed by atoms with Gasteiger partial charge in [-0.05, 0) is 39.7 Å². The van der Waals surface area contributed by atoms with Crippen molar-refractivity contribution in [3.8, 4) is 0 Å². The molecule has 1 aromatic carbocycles. The maximum Gasteiger partial charge on any atom is 0.191 e. The molecule has 0 saturated carbocycles. The fourth-order valence-corrected chi connectivity index (χ4v) is 1.76. The molecule has 0 bridgehead atoms. The van der Waals surface area contributed by atoms with Crippen molar-refractivity contribution < 1.29 is 4.74 Å². The van der Waals surface area contributed by atoms with Crippen LogP contribution in [0.1, 0.15) is 31.9 Å². The third-order valence-electron chi connectivity index (χ3n) is 3.34. The highest BCUT2D eigenvalue weighted by Crippen LogP contribution is 2.07. The van der Waals surface area contributed by atoms with Gasteiger partial charge in [0.1, 0.15) is 0 Å². The van der Waals surface area contributed by atoms with Crippen LogP contribution in [0.15, 0.2) is 29.3 Å². The largest absolute Gasteiger partial charge is 0.377 e. The van der Waals surface area contributed by atoms with Gasteiger partial charge in [0.05, 0.1) is 12.1 Å². The molecular weight excluding hydrogens is 262 g/mol. The molecule has 4 heteroatoms. The summed E-state index contributed by atoms with van der Waals surface area (Å²) in [4.78, 5) is 4.57. The number of benzene rings is 1. The number of aryl methyl sites for hydroxylation is 1. The third kappa shape index (κ3) is 7.14. The minimum atomic E-state index is -0.237. The molecule has 0 aliphatic rings. The van der Waals surface area contributed by atoms with Gasteiger partial charge < -0.3 is 15.4 Å². The molecule has 0 atom stereocenters. The number of nitrogens with one attached hydrogen (secondary N) is 2. The van der Waals surface area contributed by atoms with Crippen molar-refractivity contribution in [2.75, 3.05) is 26.7 Å². The Balaban J connectivity index is 2.47. The molecule has 0 radical (unpaired) electrons. The van der Waals surface area contributed by atoms with E-state index in [-0.39, 0.29) is 5.60 Å². The van der Waals surface area contributed by atoms with E-state index in [2.05, 4.69) is 53.7 Å². The summed E-state index contributed by atoms with van der Waals surface area (Å²) in [5.41, 5.74) is 2.39. The van der Waals surface area contributed by atoms with E-state index < -0.39 is 0 Å². The molecule has 0 unspecified atom stereocenters. The molecule has 0 aromatic heterocycles. The highest BCUT2D eigenvalue weighted by atomic mass is 16.5. The summed E-state index contributed by atoms with van der Waals surface area (Å²) in [5.74, 6) is 0.842. The predicted octanol–water partition coefficient (Wildman–Crippen LogP) is 2.52. The summed E-state index contributed by atoms with van der Waals surface area (Å²) in [6.45, 7) is 10.6. The zero-order valence-corrected chi connectivity index (χ0v) is 14.0. The maximum absolute atomic E-state index is 5.39. The van der Waals surface area contributed by atoms with Gasteiger partial charge in [-0.3, -0.25) is 4.99 Å². The van der Waals surface area contributed by atoms with Crippen molar-refractivity contribution in [1.82, 2.24) is 10.6 Å². The summed E-state index contributed by atoms with van der Waals surface area (Å²) >= 11 is 0. The van der Waals surface area contributed by atoms with Crippen LogP contribution in [0.25, 0.3) is 0 Å². The minimum Gasteiger partial charge on any atom is -0.377 e. The van der Waals surface area contributed by atoms with Crippen LogP contribution in [0.2, 0.25) is 0 Å². The molecule has 0 spiro atoms. The smallest absolute Gasteiger partial charge is 0.191 e. The monoisotopic (exact) mass is 291 g/mol. The Morgan fingerprint density at radius 1 is 1.19 bits per heavy atom. The van der Waals surface area contributed by atoms with Gasteiger partial charge in [0, 0.05) is 20.2 Å². The quantitative estimate of drug-likeness (QED) is 0.599. The number of guanidine groups is 1. The van der Waals surface area contributed by atoms with Crippen LogP contribution in [0.3, 0.4) is 0 Å². The van der Waals surface area contributed by atoms with Crippen LogP contribution >= 0.6 is 0 Å². The topological polar surface area (TPSA) is 45.7 Å². The molecule has 0 aliphatic heterocycles. The summed E-state index contributed by atoms with van der Waals surface area (Å²) < 4.78 is 5.39. The van der Waals surface area contributed by atoms with E-state index in [0.717, 1.165) is 25.5 Å². The van der Waals surface area contributed by atoms with E-state index in [9.17, 15) is 0 Å². The van der Waals surface area contributed by atoms with Crippen molar-refractivity contribution in [2.45, 2.75) is 39.7 Å². The first kappa shape index (κ1) is 17.5. The summed E-state index contributed by atoms with van der Waals surface area (Å²) in [6, 6.07) is 8.65. The second kappa shape index (κ2) is 8.67. The van der Waals surface area contributed by atoms with Crippen LogP contribution in [0.5, 0.6) is 0 Å². The van der Waals surface area contributed by atoms with Gasteiger partial charge in [0.15, 0.2) is 5.96 Å².